The first-order chi connectivity index (χ1) is 7.52. The molecule has 0 fully saturated rings. The standard InChI is InChI=1S/C11H11FN2O2/c1-6(2)9-8(11(15)16)13-10-7(12)4-3-5-14(9)10/h3-6H,1-2H3,(H,15,16). The van der Waals surface area contributed by atoms with Crippen LogP contribution in [0.1, 0.15) is 35.9 Å². The molecule has 2 rings (SSSR count). The number of rotatable bonds is 2. The maximum absolute atomic E-state index is 13.4. The Bertz CT molecular complexity index is 560. The van der Waals surface area contributed by atoms with Gasteiger partial charge in [-0.2, -0.15) is 0 Å². The first kappa shape index (κ1) is 10.6. The van der Waals surface area contributed by atoms with E-state index in [1.165, 1.54) is 16.5 Å². The minimum atomic E-state index is -1.13. The topological polar surface area (TPSA) is 54.6 Å². The Kier molecular flexibility index (Phi) is 2.38. The molecule has 1 N–H and O–H groups in total. The second kappa shape index (κ2) is 3.59. The summed E-state index contributed by atoms with van der Waals surface area (Å²) >= 11 is 0. The highest BCUT2D eigenvalue weighted by molar-refractivity contribution is 5.88. The molecule has 0 aromatic carbocycles. The van der Waals surface area contributed by atoms with Gasteiger partial charge in [0.25, 0.3) is 0 Å². The number of aromatic carboxylic acids is 1. The van der Waals surface area contributed by atoms with Crippen molar-refractivity contribution < 1.29 is 14.3 Å². The van der Waals surface area contributed by atoms with Crippen molar-refractivity contribution in [3.8, 4) is 0 Å². The molecule has 0 saturated heterocycles. The normalized spacial score (nSPS) is 11.2. The Morgan fingerprint density at radius 3 is 2.81 bits per heavy atom. The Hall–Kier alpha value is -1.91. The zero-order chi connectivity index (χ0) is 11.9. The fourth-order valence-corrected chi connectivity index (χ4v) is 1.76. The molecule has 0 amide bonds. The molecule has 84 valence electrons. The molecule has 5 heteroatoms. The summed E-state index contributed by atoms with van der Waals surface area (Å²) in [5.41, 5.74) is 0.491. The quantitative estimate of drug-likeness (QED) is 0.848. The fraction of sp³-hybridized carbons (Fsp3) is 0.273. The molecule has 4 nitrogen and oxygen atoms in total. The van der Waals surface area contributed by atoms with Crippen molar-refractivity contribution in [1.82, 2.24) is 9.38 Å². The van der Waals surface area contributed by atoms with Crippen LogP contribution in [0.2, 0.25) is 0 Å². The van der Waals surface area contributed by atoms with Gasteiger partial charge >= 0.3 is 5.97 Å². The van der Waals surface area contributed by atoms with E-state index >= 15 is 0 Å². The number of imidazole rings is 1. The van der Waals surface area contributed by atoms with E-state index in [1.807, 2.05) is 13.8 Å². The highest BCUT2D eigenvalue weighted by atomic mass is 19.1. The molecule has 0 atom stereocenters. The number of nitrogens with zero attached hydrogens (tertiary/aromatic N) is 2. The minimum Gasteiger partial charge on any atom is -0.476 e. The zero-order valence-electron chi connectivity index (χ0n) is 8.94. The molecule has 16 heavy (non-hydrogen) atoms. The number of halogens is 1. The molecule has 0 aliphatic rings. The van der Waals surface area contributed by atoms with Crippen molar-refractivity contribution in [1.29, 1.82) is 0 Å². The monoisotopic (exact) mass is 222 g/mol. The average molecular weight is 222 g/mol. The number of carboxylic acid groups (broad SMARTS) is 1. The molecule has 0 aliphatic heterocycles. The third-order valence-corrected chi connectivity index (χ3v) is 2.39. The summed E-state index contributed by atoms with van der Waals surface area (Å²) in [6, 6.07) is 2.79. The van der Waals surface area contributed by atoms with Gasteiger partial charge in [0.15, 0.2) is 17.2 Å². The minimum absolute atomic E-state index is 0.0390. The van der Waals surface area contributed by atoms with E-state index in [0.717, 1.165) is 0 Å². The largest absolute Gasteiger partial charge is 0.476 e. The van der Waals surface area contributed by atoms with Gasteiger partial charge in [-0.05, 0) is 18.1 Å². The number of pyridine rings is 1. The lowest BCUT2D eigenvalue weighted by Crippen LogP contribution is -2.04. The van der Waals surface area contributed by atoms with E-state index in [2.05, 4.69) is 4.98 Å². The lowest BCUT2D eigenvalue weighted by Gasteiger charge is -2.05. The van der Waals surface area contributed by atoms with Crippen LogP contribution in [0.15, 0.2) is 18.3 Å². The number of hydrogen-bond acceptors (Lipinski definition) is 2. The van der Waals surface area contributed by atoms with E-state index < -0.39 is 11.8 Å². The first-order valence-corrected chi connectivity index (χ1v) is 4.92. The van der Waals surface area contributed by atoms with E-state index in [9.17, 15) is 9.18 Å². The summed E-state index contributed by atoms with van der Waals surface area (Å²) in [7, 11) is 0. The fourth-order valence-electron chi connectivity index (χ4n) is 1.76. The molecule has 0 bridgehead atoms. The van der Waals surface area contributed by atoms with Crippen LogP contribution in [-0.2, 0) is 0 Å². The van der Waals surface area contributed by atoms with Crippen LogP contribution < -0.4 is 0 Å². The number of fused-ring (bicyclic) bond motifs is 1. The summed E-state index contributed by atoms with van der Waals surface area (Å²) in [6.07, 6.45) is 1.62. The van der Waals surface area contributed by atoms with Crippen LogP contribution in [0, 0.1) is 5.82 Å². The van der Waals surface area contributed by atoms with Gasteiger partial charge in [-0.15, -0.1) is 0 Å². The van der Waals surface area contributed by atoms with E-state index in [1.54, 1.807) is 6.20 Å². The van der Waals surface area contributed by atoms with Crippen molar-refractivity contribution >= 4 is 11.6 Å². The summed E-state index contributed by atoms with van der Waals surface area (Å²) < 4.78 is 14.9. The molecular formula is C11H11FN2O2. The number of aromatic nitrogens is 2. The van der Waals surface area contributed by atoms with Crippen LogP contribution in [-0.4, -0.2) is 20.5 Å². The molecular weight excluding hydrogens is 211 g/mol. The van der Waals surface area contributed by atoms with Crippen molar-refractivity contribution in [2.75, 3.05) is 0 Å². The van der Waals surface area contributed by atoms with Crippen molar-refractivity contribution in [3.63, 3.8) is 0 Å². The van der Waals surface area contributed by atoms with Crippen LogP contribution in [0.25, 0.3) is 5.65 Å². The Morgan fingerprint density at radius 1 is 1.56 bits per heavy atom. The average Bonchev–Trinajstić information content (AvgIpc) is 2.58. The second-order valence-corrected chi connectivity index (χ2v) is 3.86. The first-order valence-electron chi connectivity index (χ1n) is 4.92. The third kappa shape index (κ3) is 1.44. The molecule has 0 radical (unpaired) electrons. The maximum Gasteiger partial charge on any atom is 0.356 e. The van der Waals surface area contributed by atoms with Gasteiger partial charge in [-0.1, -0.05) is 13.8 Å². The van der Waals surface area contributed by atoms with Gasteiger partial charge < -0.3 is 9.51 Å². The van der Waals surface area contributed by atoms with E-state index in [4.69, 9.17) is 5.11 Å². The van der Waals surface area contributed by atoms with Crippen LogP contribution in [0.5, 0.6) is 0 Å². The zero-order valence-corrected chi connectivity index (χ0v) is 8.94. The summed E-state index contributed by atoms with van der Waals surface area (Å²) in [6.45, 7) is 3.70. The molecule has 0 spiro atoms. The Labute approximate surface area is 91.4 Å². The highest BCUT2D eigenvalue weighted by Crippen LogP contribution is 2.22. The van der Waals surface area contributed by atoms with Crippen LogP contribution >= 0.6 is 0 Å². The molecule has 0 saturated carbocycles. The second-order valence-electron chi connectivity index (χ2n) is 3.86. The van der Waals surface area contributed by atoms with Gasteiger partial charge in [0.05, 0.1) is 5.69 Å². The van der Waals surface area contributed by atoms with Crippen LogP contribution in [0.3, 0.4) is 0 Å². The van der Waals surface area contributed by atoms with Gasteiger partial charge in [-0.25, -0.2) is 14.2 Å². The number of hydrogen-bond donors (Lipinski definition) is 1. The van der Waals surface area contributed by atoms with Gasteiger partial charge in [0.2, 0.25) is 0 Å². The Morgan fingerprint density at radius 2 is 2.25 bits per heavy atom. The summed E-state index contributed by atoms with van der Waals surface area (Å²) in [5, 5.41) is 9.01. The van der Waals surface area contributed by atoms with Crippen molar-refractivity contribution in [2.45, 2.75) is 19.8 Å². The lowest BCUT2D eigenvalue weighted by molar-refractivity contribution is 0.0689. The molecule has 2 aromatic heterocycles. The summed E-state index contributed by atoms with van der Waals surface area (Å²) in [4.78, 5) is 14.8. The smallest absolute Gasteiger partial charge is 0.356 e. The third-order valence-electron chi connectivity index (χ3n) is 2.39. The summed E-state index contributed by atoms with van der Waals surface area (Å²) in [5.74, 6) is -1.69. The van der Waals surface area contributed by atoms with Gasteiger partial charge in [0.1, 0.15) is 0 Å². The predicted molar refractivity (Wildman–Crippen MR) is 56.2 cm³/mol. The highest BCUT2D eigenvalue weighted by Gasteiger charge is 2.21. The van der Waals surface area contributed by atoms with Crippen LogP contribution in [0.4, 0.5) is 4.39 Å². The van der Waals surface area contributed by atoms with Crippen molar-refractivity contribution in [2.24, 2.45) is 0 Å². The lowest BCUT2D eigenvalue weighted by atomic mass is 10.1. The molecule has 0 aliphatic carbocycles. The van der Waals surface area contributed by atoms with Gasteiger partial charge in [-0.3, -0.25) is 0 Å². The predicted octanol–water partition coefficient (Wildman–Crippen LogP) is 2.29. The molecule has 2 heterocycles. The number of carboxylic acids is 1. The Balaban J connectivity index is 2.86. The van der Waals surface area contributed by atoms with Crippen molar-refractivity contribution in [3.05, 3.63) is 35.5 Å². The molecule has 0 unspecified atom stereocenters. The molecule has 2 aromatic rings. The SMILES string of the molecule is CC(C)c1c(C(=O)O)nc2c(F)cccn12. The van der Waals surface area contributed by atoms with Gasteiger partial charge in [0, 0.05) is 6.20 Å². The number of carbonyl (C=O) groups is 1. The van der Waals surface area contributed by atoms with E-state index in [0.29, 0.717) is 5.69 Å². The maximum atomic E-state index is 13.4. The van der Waals surface area contributed by atoms with E-state index in [-0.39, 0.29) is 17.3 Å².